The Morgan fingerprint density at radius 3 is 2.45 bits per heavy atom. The summed E-state index contributed by atoms with van der Waals surface area (Å²) in [6.45, 7) is 4.36. The zero-order valence-electron chi connectivity index (χ0n) is 22.1. The van der Waals surface area contributed by atoms with Gasteiger partial charge in [0.05, 0.1) is 28.8 Å². The molecule has 0 unspecified atom stereocenters. The Balaban J connectivity index is 1.61. The molecule has 0 fully saturated rings. The lowest BCUT2D eigenvalue weighted by Crippen LogP contribution is -2.30. The number of aryl methyl sites for hydroxylation is 3. The van der Waals surface area contributed by atoms with Gasteiger partial charge in [-0.15, -0.1) is 0 Å². The second-order valence-electron chi connectivity index (χ2n) is 9.65. The van der Waals surface area contributed by atoms with Gasteiger partial charge in [-0.3, -0.25) is 9.36 Å². The van der Waals surface area contributed by atoms with Gasteiger partial charge in [-0.25, -0.2) is 9.97 Å². The van der Waals surface area contributed by atoms with Gasteiger partial charge in [0.25, 0.3) is 5.56 Å². The van der Waals surface area contributed by atoms with Gasteiger partial charge in [0.2, 0.25) is 0 Å². The smallest absolute Gasteiger partial charge is 0.257 e. The average molecular weight is 502 g/mol. The van der Waals surface area contributed by atoms with E-state index in [4.69, 9.17) is 9.97 Å². The van der Waals surface area contributed by atoms with Crippen LogP contribution >= 0.6 is 0 Å². The molecule has 5 rings (SSSR count). The zero-order valence-corrected chi connectivity index (χ0v) is 22.1. The molecule has 0 spiro atoms. The molecule has 0 aliphatic heterocycles. The Morgan fingerprint density at radius 2 is 1.71 bits per heavy atom. The monoisotopic (exact) mass is 501 g/mol. The Morgan fingerprint density at radius 1 is 0.947 bits per heavy atom. The second-order valence-corrected chi connectivity index (χ2v) is 9.65. The Bertz CT molecular complexity index is 1710. The van der Waals surface area contributed by atoms with Gasteiger partial charge in [0.1, 0.15) is 17.7 Å². The van der Waals surface area contributed by atoms with Crippen LogP contribution in [0.4, 0.5) is 0 Å². The lowest BCUT2D eigenvalue weighted by Gasteiger charge is -2.16. The molecule has 0 saturated heterocycles. The minimum absolute atomic E-state index is 0.0651. The number of hydrogen-bond acceptors (Lipinski definition) is 4. The van der Waals surface area contributed by atoms with Gasteiger partial charge in [0, 0.05) is 19.0 Å². The van der Waals surface area contributed by atoms with Gasteiger partial charge >= 0.3 is 0 Å². The van der Waals surface area contributed by atoms with Crippen LogP contribution < -0.4 is 5.56 Å². The fraction of sp³-hybridized carbons (Fsp3) is 0.250. The van der Waals surface area contributed by atoms with Crippen molar-refractivity contribution in [2.75, 3.05) is 0 Å². The highest BCUT2D eigenvalue weighted by atomic mass is 16.1. The molecule has 6 nitrogen and oxygen atoms in total. The average Bonchev–Trinajstić information content (AvgIpc) is 3.26. The van der Waals surface area contributed by atoms with Crippen LogP contribution in [0.5, 0.6) is 0 Å². The molecule has 0 radical (unpaired) electrons. The van der Waals surface area contributed by atoms with Gasteiger partial charge < -0.3 is 4.57 Å². The van der Waals surface area contributed by atoms with Crippen molar-refractivity contribution in [2.45, 2.75) is 46.1 Å². The highest BCUT2D eigenvalue weighted by Gasteiger charge is 2.19. The SMILES string of the molecule is CCCCc1nc(C)n(Cc2nc3ccccc3n2C)c(=O)c1Cc1cccc(-c2ccccc2)c1C#N. The van der Waals surface area contributed by atoms with E-state index in [0.29, 0.717) is 29.9 Å². The van der Waals surface area contributed by atoms with Crippen LogP contribution in [0.2, 0.25) is 0 Å². The van der Waals surface area contributed by atoms with Crippen molar-refractivity contribution in [3.05, 3.63) is 117 Å². The predicted molar refractivity (Wildman–Crippen MR) is 151 cm³/mol. The third-order valence-corrected chi connectivity index (χ3v) is 7.20. The van der Waals surface area contributed by atoms with Crippen LogP contribution in [0.3, 0.4) is 0 Å². The first-order chi connectivity index (χ1) is 18.5. The number of aromatic nitrogens is 4. The first kappa shape index (κ1) is 25.2. The molecule has 0 N–H and O–H groups in total. The molecule has 0 aliphatic carbocycles. The van der Waals surface area contributed by atoms with E-state index in [9.17, 15) is 10.1 Å². The van der Waals surface area contributed by atoms with Crippen LogP contribution in [-0.2, 0) is 26.4 Å². The number of hydrogen-bond donors (Lipinski definition) is 0. The van der Waals surface area contributed by atoms with Crippen molar-refractivity contribution in [2.24, 2.45) is 7.05 Å². The van der Waals surface area contributed by atoms with Crippen LogP contribution in [0.25, 0.3) is 22.2 Å². The van der Waals surface area contributed by atoms with Crippen molar-refractivity contribution in [1.82, 2.24) is 19.1 Å². The maximum absolute atomic E-state index is 14.1. The van der Waals surface area contributed by atoms with Crippen LogP contribution in [0.1, 0.15) is 53.8 Å². The summed E-state index contributed by atoms with van der Waals surface area (Å²) in [4.78, 5) is 23.8. The lowest BCUT2D eigenvalue weighted by atomic mass is 9.92. The van der Waals surface area contributed by atoms with E-state index in [2.05, 4.69) is 13.0 Å². The summed E-state index contributed by atoms with van der Waals surface area (Å²) in [5.41, 5.74) is 6.64. The fourth-order valence-electron chi connectivity index (χ4n) is 5.08. The Hall–Kier alpha value is -4.50. The molecule has 38 heavy (non-hydrogen) atoms. The van der Waals surface area contributed by atoms with Crippen LogP contribution in [0, 0.1) is 18.3 Å². The number of imidazole rings is 1. The third kappa shape index (κ3) is 4.76. The molecular formula is C32H31N5O. The number of rotatable bonds is 8. The first-order valence-corrected chi connectivity index (χ1v) is 13.1. The first-order valence-electron chi connectivity index (χ1n) is 13.1. The maximum Gasteiger partial charge on any atom is 0.257 e. The summed E-state index contributed by atoms with van der Waals surface area (Å²) in [5.74, 6) is 1.48. The molecule has 2 aromatic heterocycles. The molecule has 6 heteroatoms. The van der Waals surface area contributed by atoms with E-state index < -0.39 is 0 Å². The van der Waals surface area contributed by atoms with E-state index in [0.717, 1.165) is 58.5 Å². The van der Waals surface area contributed by atoms with Crippen molar-refractivity contribution in [3.8, 4) is 17.2 Å². The summed E-state index contributed by atoms with van der Waals surface area (Å²) < 4.78 is 3.75. The number of fused-ring (bicyclic) bond motifs is 1. The van der Waals surface area contributed by atoms with E-state index in [1.165, 1.54) is 0 Å². The molecular weight excluding hydrogens is 470 g/mol. The topological polar surface area (TPSA) is 76.5 Å². The van der Waals surface area contributed by atoms with Gasteiger partial charge in [-0.2, -0.15) is 5.26 Å². The molecule has 190 valence electrons. The number of para-hydroxylation sites is 2. The summed E-state index contributed by atoms with van der Waals surface area (Å²) in [6, 6.07) is 26.2. The molecule has 2 heterocycles. The molecule has 0 aliphatic rings. The maximum atomic E-state index is 14.1. The molecule has 3 aromatic carbocycles. The standard InChI is InChI=1S/C32H31N5O/c1-4-5-16-28-26(19-24-14-11-15-25(27(24)20-33)23-12-7-6-8-13-23)32(38)37(22(2)34-28)21-31-35-29-17-9-10-18-30(29)36(31)3/h6-15,17-18H,4-5,16,19,21H2,1-3H3. The van der Waals surface area contributed by atoms with Crippen LogP contribution in [-0.4, -0.2) is 19.1 Å². The summed E-state index contributed by atoms with van der Waals surface area (Å²) in [6.07, 6.45) is 3.05. The highest BCUT2D eigenvalue weighted by molar-refractivity contribution is 5.75. The number of unbranched alkanes of at least 4 members (excludes halogenated alkanes) is 1. The summed E-state index contributed by atoms with van der Waals surface area (Å²) >= 11 is 0. The zero-order chi connectivity index (χ0) is 26.6. The van der Waals surface area contributed by atoms with Gasteiger partial charge in [-0.1, -0.05) is 74.0 Å². The minimum atomic E-state index is -0.0651. The van der Waals surface area contributed by atoms with E-state index in [1.54, 1.807) is 4.57 Å². The summed E-state index contributed by atoms with van der Waals surface area (Å²) in [5, 5.41) is 10.2. The minimum Gasteiger partial charge on any atom is -0.330 e. The van der Waals surface area contributed by atoms with Gasteiger partial charge in [-0.05, 0) is 48.6 Å². The number of nitrogens with zero attached hydrogens (tertiary/aromatic N) is 5. The Labute approximate surface area is 222 Å². The fourth-order valence-corrected chi connectivity index (χ4v) is 5.08. The summed E-state index contributed by atoms with van der Waals surface area (Å²) in [7, 11) is 1.98. The van der Waals surface area contributed by atoms with E-state index >= 15 is 0 Å². The third-order valence-electron chi connectivity index (χ3n) is 7.20. The van der Waals surface area contributed by atoms with Crippen LogP contribution in [0.15, 0.2) is 77.6 Å². The molecule has 0 amide bonds. The molecule has 0 saturated carbocycles. The largest absolute Gasteiger partial charge is 0.330 e. The van der Waals surface area contributed by atoms with Crippen molar-refractivity contribution >= 4 is 11.0 Å². The van der Waals surface area contributed by atoms with Crippen molar-refractivity contribution in [1.29, 1.82) is 5.26 Å². The van der Waals surface area contributed by atoms with E-state index in [-0.39, 0.29) is 5.56 Å². The normalized spacial score (nSPS) is 11.1. The number of nitriles is 1. The molecule has 0 bridgehead atoms. The molecule has 0 atom stereocenters. The van der Waals surface area contributed by atoms with Crippen molar-refractivity contribution in [3.63, 3.8) is 0 Å². The predicted octanol–water partition coefficient (Wildman–Crippen LogP) is 5.96. The Kier molecular flexibility index (Phi) is 7.19. The van der Waals surface area contributed by atoms with E-state index in [1.807, 2.05) is 91.3 Å². The highest BCUT2D eigenvalue weighted by Crippen LogP contribution is 2.27. The van der Waals surface area contributed by atoms with Gasteiger partial charge in [0.15, 0.2) is 0 Å². The second kappa shape index (κ2) is 10.9. The van der Waals surface area contributed by atoms with Crippen molar-refractivity contribution < 1.29 is 0 Å². The quantitative estimate of drug-likeness (QED) is 0.263. The number of benzene rings is 3. The lowest BCUT2D eigenvalue weighted by molar-refractivity contribution is 0.628. The molecule has 5 aromatic rings.